The van der Waals surface area contributed by atoms with E-state index in [-0.39, 0.29) is 18.0 Å². The first-order valence-corrected chi connectivity index (χ1v) is 8.68. The second-order valence-corrected chi connectivity index (χ2v) is 5.97. The van der Waals surface area contributed by atoms with Crippen molar-refractivity contribution in [1.29, 1.82) is 5.26 Å². The largest absolute Gasteiger partial charge is 0.462 e. The number of fused-ring (bicyclic) bond motifs is 1. The topological polar surface area (TPSA) is 104 Å². The van der Waals surface area contributed by atoms with Crippen LogP contribution in [0.1, 0.15) is 29.8 Å². The number of carbonyl (C=O) groups is 2. The quantitative estimate of drug-likeness (QED) is 0.803. The molecule has 0 aliphatic carbocycles. The van der Waals surface area contributed by atoms with Crippen molar-refractivity contribution >= 4 is 29.1 Å². The summed E-state index contributed by atoms with van der Waals surface area (Å²) in [5.74, 6) is -0.931. The van der Waals surface area contributed by atoms with E-state index in [1.165, 1.54) is 12.1 Å². The van der Waals surface area contributed by atoms with E-state index in [0.717, 1.165) is 0 Å². The summed E-state index contributed by atoms with van der Waals surface area (Å²) in [5, 5.41) is 14.7. The lowest BCUT2D eigenvalue weighted by Gasteiger charge is -2.13. The molecule has 1 aliphatic heterocycles. The number of aliphatic imine (C=N–C) groups is 1. The van der Waals surface area contributed by atoms with Crippen LogP contribution in [0.4, 0.5) is 11.4 Å². The van der Waals surface area contributed by atoms with Gasteiger partial charge in [-0.1, -0.05) is 12.1 Å². The van der Waals surface area contributed by atoms with Crippen LogP contribution in [0.3, 0.4) is 0 Å². The number of ether oxygens (including phenoxy) is 1. The maximum atomic E-state index is 12.7. The number of carbonyl (C=O) groups excluding carboxylic acids is 2. The van der Waals surface area contributed by atoms with Crippen LogP contribution in [0, 0.1) is 11.3 Å². The highest BCUT2D eigenvalue weighted by Crippen LogP contribution is 2.30. The fraction of sp³-hybridized carbons (Fsp3) is 0.143. The lowest BCUT2D eigenvalue weighted by atomic mass is 10.1. The van der Waals surface area contributed by atoms with E-state index in [4.69, 9.17) is 10.00 Å². The predicted octanol–water partition coefficient (Wildman–Crippen LogP) is 3.28. The minimum absolute atomic E-state index is 0.0998. The summed E-state index contributed by atoms with van der Waals surface area (Å²) in [6.07, 6.45) is 0. The third-order valence-corrected chi connectivity index (χ3v) is 4.06. The lowest BCUT2D eigenvalue weighted by molar-refractivity contribution is -0.137. The molecule has 2 N–H and O–H groups in total. The zero-order valence-corrected chi connectivity index (χ0v) is 15.4. The Balaban J connectivity index is 2.01. The van der Waals surface area contributed by atoms with E-state index in [0.29, 0.717) is 28.2 Å². The number of amidine groups is 1. The maximum absolute atomic E-state index is 12.7. The molecule has 0 aromatic heterocycles. The smallest absolute Gasteiger partial charge is 0.343 e. The fourth-order valence-corrected chi connectivity index (χ4v) is 2.71. The van der Waals surface area contributed by atoms with Crippen LogP contribution in [-0.2, 0) is 9.53 Å². The van der Waals surface area contributed by atoms with Gasteiger partial charge in [-0.15, -0.1) is 0 Å². The first kappa shape index (κ1) is 18.9. The number of anilines is 1. The van der Waals surface area contributed by atoms with Gasteiger partial charge in [-0.05, 0) is 50.2 Å². The maximum Gasteiger partial charge on any atom is 0.343 e. The predicted molar refractivity (Wildman–Crippen MR) is 105 cm³/mol. The number of esters is 1. The van der Waals surface area contributed by atoms with Crippen molar-refractivity contribution in [3.8, 4) is 6.07 Å². The van der Waals surface area contributed by atoms with Crippen LogP contribution in [0.15, 0.2) is 64.8 Å². The molecule has 2 aromatic rings. The molecule has 0 saturated carbocycles. The molecule has 28 heavy (non-hydrogen) atoms. The van der Waals surface area contributed by atoms with Gasteiger partial charge < -0.3 is 15.4 Å². The first-order chi connectivity index (χ1) is 13.5. The minimum Gasteiger partial charge on any atom is -0.462 e. The van der Waals surface area contributed by atoms with Crippen molar-refractivity contribution in [2.75, 3.05) is 11.9 Å². The van der Waals surface area contributed by atoms with Crippen molar-refractivity contribution in [2.24, 2.45) is 4.99 Å². The molecule has 140 valence electrons. The van der Waals surface area contributed by atoms with Crippen LogP contribution in [0.2, 0.25) is 0 Å². The summed E-state index contributed by atoms with van der Waals surface area (Å²) in [5.41, 5.74) is 2.75. The Kier molecular flexibility index (Phi) is 5.51. The standard InChI is InChI=1S/C21H18N4O3/c1-3-28-21(27)18-13(2)23-16-6-4-5-7-17(16)24-19(18)25-20(26)15-10-8-14(12-22)9-11-15/h4-11,23H,3H2,1-2H3,(H,24,25,26). The molecule has 0 radical (unpaired) electrons. The van der Waals surface area contributed by atoms with Gasteiger partial charge in [0, 0.05) is 11.3 Å². The van der Waals surface area contributed by atoms with Gasteiger partial charge in [0.2, 0.25) is 0 Å². The number of hydrogen-bond acceptors (Lipinski definition) is 6. The molecule has 1 aliphatic rings. The Labute approximate surface area is 162 Å². The van der Waals surface area contributed by atoms with Crippen molar-refractivity contribution in [3.63, 3.8) is 0 Å². The zero-order chi connectivity index (χ0) is 20.1. The minimum atomic E-state index is -0.584. The van der Waals surface area contributed by atoms with Crippen LogP contribution < -0.4 is 10.6 Å². The number of nitriles is 1. The van der Waals surface area contributed by atoms with Gasteiger partial charge in [0.1, 0.15) is 11.4 Å². The summed E-state index contributed by atoms with van der Waals surface area (Å²) >= 11 is 0. The number of rotatable bonds is 3. The zero-order valence-electron chi connectivity index (χ0n) is 15.4. The molecular weight excluding hydrogens is 356 g/mol. The van der Waals surface area contributed by atoms with Gasteiger partial charge in [0.25, 0.3) is 5.91 Å². The van der Waals surface area contributed by atoms with Crippen molar-refractivity contribution in [1.82, 2.24) is 5.32 Å². The molecule has 0 bridgehead atoms. The third-order valence-electron chi connectivity index (χ3n) is 4.06. The van der Waals surface area contributed by atoms with Crippen LogP contribution in [-0.4, -0.2) is 24.3 Å². The normalized spacial score (nSPS) is 12.7. The van der Waals surface area contributed by atoms with Gasteiger partial charge in [0.15, 0.2) is 0 Å². The molecule has 1 amide bonds. The Morgan fingerprint density at radius 3 is 2.57 bits per heavy atom. The molecule has 3 rings (SSSR count). The molecule has 7 nitrogen and oxygen atoms in total. The molecule has 0 spiro atoms. The first-order valence-electron chi connectivity index (χ1n) is 8.68. The molecule has 0 fully saturated rings. The second kappa shape index (κ2) is 8.18. The lowest BCUT2D eigenvalue weighted by Crippen LogP contribution is -2.35. The number of para-hydroxylation sites is 2. The third kappa shape index (κ3) is 3.91. The fourth-order valence-electron chi connectivity index (χ4n) is 2.71. The number of amides is 1. The molecule has 1 heterocycles. The van der Waals surface area contributed by atoms with Crippen molar-refractivity contribution < 1.29 is 14.3 Å². The molecule has 0 saturated heterocycles. The number of nitrogens with one attached hydrogen (secondary N) is 2. The van der Waals surface area contributed by atoms with Gasteiger partial charge >= 0.3 is 5.97 Å². The summed E-state index contributed by atoms with van der Waals surface area (Å²) in [4.78, 5) is 29.7. The number of hydrogen-bond donors (Lipinski definition) is 2. The molecule has 7 heteroatoms. The number of nitrogens with zero attached hydrogens (tertiary/aromatic N) is 2. The Hall–Kier alpha value is -3.92. The molecule has 2 aromatic carbocycles. The summed E-state index contributed by atoms with van der Waals surface area (Å²) in [6, 6.07) is 15.4. The average molecular weight is 374 g/mol. The highest BCUT2D eigenvalue weighted by atomic mass is 16.5. The number of benzene rings is 2. The van der Waals surface area contributed by atoms with E-state index >= 15 is 0 Å². The Bertz CT molecular complexity index is 1030. The van der Waals surface area contributed by atoms with Crippen molar-refractivity contribution in [2.45, 2.75) is 13.8 Å². The Morgan fingerprint density at radius 2 is 1.89 bits per heavy atom. The van der Waals surface area contributed by atoms with Gasteiger partial charge in [-0.3, -0.25) is 4.79 Å². The highest BCUT2D eigenvalue weighted by Gasteiger charge is 2.26. The monoisotopic (exact) mass is 374 g/mol. The van der Waals surface area contributed by atoms with Gasteiger partial charge in [-0.25, -0.2) is 9.79 Å². The van der Waals surface area contributed by atoms with Crippen LogP contribution in [0.5, 0.6) is 0 Å². The van der Waals surface area contributed by atoms with Gasteiger partial charge in [-0.2, -0.15) is 5.26 Å². The average Bonchev–Trinajstić information content (AvgIpc) is 2.83. The van der Waals surface area contributed by atoms with E-state index in [1.807, 2.05) is 24.3 Å². The molecular formula is C21H18N4O3. The van der Waals surface area contributed by atoms with Crippen molar-refractivity contribution in [3.05, 3.63) is 70.9 Å². The van der Waals surface area contributed by atoms with E-state index in [2.05, 4.69) is 15.6 Å². The summed E-state index contributed by atoms with van der Waals surface area (Å²) < 4.78 is 5.15. The highest BCUT2D eigenvalue weighted by molar-refractivity contribution is 6.25. The SMILES string of the molecule is CCOC(=O)C1=C(C)Nc2ccccc2N=C1NC(=O)c1ccc(C#N)cc1. The number of allylic oxidation sites excluding steroid dienone is 1. The summed E-state index contributed by atoms with van der Waals surface area (Å²) in [7, 11) is 0. The van der Waals surface area contributed by atoms with Gasteiger partial charge in [0.05, 0.1) is 29.6 Å². The Morgan fingerprint density at radius 1 is 1.18 bits per heavy atom. The molecule has 0 atom stereocenters. The van der Waals surface area contributed by atoms with E-state index in [9.17, 15) is 9.59 Å². The van der Waals surface area contributed by atoms with Crippen LogP contribution >= 0.6 is 0 Å². The van der Waals surface area contributed by atoms with E-state index in [1.54, 1.807) is 32.0 Å². The van der Waals surface area contributed by atoms with Crippen LogP contribution in [0.25, 0.3) is 0 Å². The summed E-state index contributed by atoms with van der Waals surface area (Å²) in [6.45, 7) is 3.62. The second-order valence-electron chi connectivity index (χ2n) is 5.97. The molecule has 0 unspecified atom stereocenters. The van der Waals surface area contributed by atoms with E-state index < -0.39 is 11.9 Å².